The normalized spacial score (nSPS) is 29.5. The summed E-state index contributed by atoms with van der Waals surface area (Å²) in [6.45, 7) is 11.0. The highest BCUT2D eigenvalue weighted by atomic mass is 16.5. The van der Waals surface area contributed by atoms with Gasteiger partial charge in [-0.2, -0.15) is 0 Å². The number of rotatable bonds is 6. The first-order valence-corrected chi connectivity index (χ1v) is 7.70. The molecule has 0 aliphatic carbocycles. The fourth-order valence-electron chi connectivity index (χ4n) is 3.18. The van der Waals surface area contributed by atoms with E-state index in [1.165, 1.54) is 0 Å². The number of carbonyl (C=O) groups is 1. The van der Waals surface area contributed by atoms with Crippen molar-refractivity contribution in [2.45, 2.75) is 39.7 Å². The maximum Gasteiger partial charge on any atom is 0.222 e. The fraction of sp³-hybridized carbons (Fsp3) is 0.933. The minimum atomic E-state index is 0.334. The lowest BCUT2D eigenvalue weighted by atomic mass is 9.95. The highest BCUT2D eigenvalue weighted by Crippen LogP contribution is 2.26. The lowest BCUT2D eigenvalue weighted by Gasteiger charge is -2.28. The smallest absolute Gasteiger partial charge is 0.222 e. The molecule has 2 saturated heterocycles. The number of nitrogens with one attached hydrogen (secondary N) is 1. The van der Waals surface area contributed by atoms with Gasteiger partial charge in [0.15, 0.2) is 0 Å². The topological polar surface area (TPSA) is 41.6 Å². The molecule has 2 rings (SSSR count). The van der Waals surface area contributed by atoms with E-state index in [1.807, 2.05) is 0 Å². The molecule has 2 aliphatic rings. The molecule has 4 nitrogen and oxygen atoms in total. The number of nitrogens with zero attached hydrogens (tertiary/aromatic N) is 1. The molecule has 2 aliphatic heterocycles. The first kappa shape index (κ1) is 14.8. The van der Waals surface area contributed by atoms with Crippen LogP contribution in [-0.4, -0.2) is 49.7 Å². The van der Waals surface area contributed by atoms with Crippen LogP contribution in [0.3, 0.4) is 0 Å². The molecule has 0 radical (unpaired) electrons. The summed E-state index contributed by atoms with van der Waals surface area (Å²) in [4.78, 5) is 14.2. The van der Waals surface area contributed by atoms with Crippen LogP contribution in [0, 0.1) is 17.8 Å². The maximum absolute atomic E-state index is 12.1. The van der Waals surface area contributed by atoms with Crippen molar-refractivity contribution in [2.24, 2.45) is 17.8 Å². The first-order valence-electron chi connectivity index (χ1n) is 7.70. The molecule has 4 heteroatoms. The number of hydrogen-bond acceptors (Lipinski definition) is 3. The van der Waals surface area contributed by atoms with Gasteiger partial charge in [0.25, 0.3) is 0 Å². The van der Waals surface area contributed by atoms with Gasteiger partial charge in [0.1, 0.15) is 0 Å². The van der Waals surface area contributed by atoms with Gasteiger partial charge < -0.3 is 15.0 Å². The van der Waals surface area contributed by atoms with Gasteiger partial charge in [-0.15, -0.1) is 0 Å². The van der Waals surface area contributed by atoms with E-state index in [9.17, 15) is 4.79 Å². The van der Waals surface area contributed by atoms with E-state index in [0.717, 1.165) is 45.7 Å². The Labute approximate surface area is 116 Å². The van der Waals surface area contributed by atoms with Crippen LogP contribution in [0.25, 0.3) is 0 Å². The van der Waals surface area contributed by atoms with Crippen LogP contribution < -0.4 is 5.32 Å². The van der Waals surface area contributed by atoms with E-state index in [0.29, 0.717) is 29.7 Å². The second-order valence-corrected chi connectivity index (χ2v) is 6.29. The van der Waals surface area contributed by atoms with Crippen molar-refractivity contribution in [1.82, 2.24) is 10.2 Å². The van der Waals surface area contributed by atoms with Crippen molar-refractivity contribution < 1.29 is 9.53 Å². The summed E-state index contributed by atoms with van der Waals surface area (Å²) in [5, 5.41) is 3.54. The molecule has 0 aromatic carbocycles. The van der Waals surface area contributed by atoms with Crippen molar-refractivity contribution in [3.05, 3.63) is 0 Å². The average Bonchev–Trinajstić information content (AvgIpc) is 2.99. The van der Waals surface area contributed by atoms with Gasteiger partial charge >= 0.3 is 0 Å². The summed E-state index contributed by atoms with van der Waals surface area (Å²) in [6, 6.07) is 0.391. The Hall–Kier alpha value is -0.610. The lowest BCUT2D eigenvalue weighted by Crippen LogP contribution is -2.46. The van der Waals surface area contributed by atoms with Crippen molar-refractivity contribution >= 4 is 5.91 Å². The fourth-order valence-corrected chi connectivity index (χ4v) is 3.18. The molecule has 1 N–H and O–H groups in total. The zero-order valence-corrected chi connectivity index (χ0v) is 12.5. The van der Waals surface area contributed by atoms with Crippen molar-refractivity contribution in [1.29, 1.82) is 0 Å². The van der Waals surface area contributed by atoms with Crippen LogP contribution in [0.15, 0.2) is 0 Å². The van der Waals surface area contributed by atoms with Crippen LogP contribution in [-0.2, 0) is 9.53 Å². The maximum atomic E-state index is 12.1. The van der Waals surface area contributed by atoms with Crippen molar-refractivity contribution in [3.8, 4) is 0 Å². The van der Waals surface area contributed by atoms with E-state index < -0.39 is 0 Å². The summed E-state index contributed by atoms with van der Waals surface area (Å²) in [6.07, 6.45) is 1.85. The van der Waals surface area contributed by atoms with E-state index in [1.54, 1.807) is 0 Å². The molecule has 1 amide bonds. The Morgan fingerprint density at radius 3 is 2.74 bits per heavy atom. The standard InChI is InChI=1S/C15H28N2O2/c1-4-16-14(12-5-6-19-10-12)9-17-8-13(11(2)3)7-15(17)18/h11-14,16H,4-10H2,1-3H3. The lowest BCUT2D eigenvalue weighted by molar-refractivity contribution is -0.128. The minimum absolute atomic E-state index is 0.334. The van der Waals surface area contributed by atoms with Gasteiger partial charge in [0.05, 0.1) is 6.61 Å². The molecular formula is C15H28N2O2. The van der Waals surface area contributed by atoms with E-state index in [2.05, 4.69) is 31.0 Å². The molecule has 0 saturated carbocycles. The van der Waals surface area contributed by atoms with Crippen LogP contribution in [0.2, 0.25) is 0 Å². The first-order chi connectivity index (χ1) is 9.11. The van der Waals surface area contributed by atoms with Crippen molar-refractivity contribution in [3.63, 3.8) is 0 Å². The molecule has 2 fully saturated rings. The average molecular weight is 268 g/mol. The SMILES string of the molecule is CCNC(CN1CC(C(C)C)CC1=O)C1CCOC1. The molecule has 3 atom stereocenters. The quantitative estimate of drug-likeness (QED) is 0.794. The second-order valence-electron chi connectivity index (χ2n) is 6.29. The molecule has 0 spiro atoms. The Morgan fingerprint density at radius 2 is 2.21 bits per heavy atom. The summed E-state index contributed by atoms with van der Waals surface area (Å²) in [5.41, 5.74) is 0. The molecule has 19 heavy (non-hydrogen) atoms. The number of carbonyl (C=O) groups excluding carboxylic acids is 1. The van der Waals surface area contributed by atoms with Crippen LogP contribution >= 0.6 is 0 Å². The third kappa shape index (κ3) is 3.69. The predicted octanol–water partition coefficient (Wildman–Crippen LogP) is 1.51. The second kappa shape index (κ2) is 6.71. The van der Waals surface area contributed by atoms with Gasteiger partial charge in [-0.1, -0.05) is 20.8 Å². The van der Waals surface area contributed by atoms with E-state index in [-0.39, 0.29) is 0 Å². The minimum Gasteiger partial charge on any atom is -0.381 e. The number of ether oxygens (including phenoxy) is 1. The molecule has 2 heterocycles. The van der Waals surface area contributed by atoms with Gasteiger partial charge in [0.2, 0.25) is 5.91 Å². The Bertz CT molecular complexity index is 301. The molecule has 0 aromatic rings. The van der Waals surface area contributed by atoms with E-state index in [4.69, 9.17) is 4.74 Å². The van der Waals surface area contributed by atoms with Gasteiger partial charge in [-0.3, -0.25) is 4.79 Å². The Balaban J connectivity index is 1.91. The molecule has 3 unspecified atom stereocenters. The Morgan fingerprint density at radius 1 is 1.42 bits per heavy atom. The third-order valence-electron chi connectivity index (χ3n) is 4.60. The zero-order valence-electron chi connectivity index (χ0n) is 12.5. The summed E-state index contributed by atoms with van der Waals surface area (Å²) in [5.74, 6) is 2.03. The molecule has 0 aromatic heterocycles. The monoisotopic (exact) mass is 268 g/mol. The highest BCUT2D eigenvalue weighted by molar-refractivity contribution is 5.78. The van der Waals surface area contributed by atoms with Gasteiger partial charge in [-0.05, 0) is 24.8 Å². The summed E-state index contributed by atoms with van der Waals surface area (Å²) < 4.78 is 5.49. The highest BCUT2D eigenvalue weighted by Gasteiger charge is 2.34. The van der Waals surface area contributed by atoms with E-state index >= 15 is 0 Å². The Kier molecular flexibility index (Phi) is 5.22. The largest absolute Gasteiger partial charge is 0.381 e. The van der Waals surface area contributed by atoms with Gasteiger partial charge in [-0.25, -0.2) is 0 Å². The van der Waals surface area contributed by atoms with Crippen LogP contribution in [0.5, 0.6) is 0 Å². The molecule has 0 bridgehead atoms. The summed E-state index contributed by atoms with van der Waals surface area (Å²) >= 11 is 0. The number of hydrogen-bond donors (Lipinski definition) is 1. The number of likely N-dealkylation sites (N-methyl/N-ethyl adjacent to an activating group) is 1. The molecule has 110 valence electrons. The zero-order chi connectivity index (χ0) is 13.8. The summed E-state index contributed by atoms with van der Waals surface area (Å²) in [7, 11) is 0. The number of likely N-dealkylation sites (tertiary alicyclic amines) is 1. The van der Waals surface area contributed by atoms with Crippen LogP contribution in [0.4, 0.5) is 0 Å². The van der Waals surface area contributed by atoms with Crippen molar-refractivity contribution in [2.75, 3.05) is 32.8 Å². The van der Waals surface area contributed by atoms with Gasteiger partial charge in [0, 0.05) is 38.1 Å². The predicted molar refractivity (Wildman–Crippen MR) is 75.9 cm³/mol. The van der Waals surface area contributed by atoms with Crippen LogP contribution in [0.1, 0.15) is 33.6 Å². The molecular weight excluding hydrogens is 240 g/mol. The third-order valence-corrected chi connectivity index (χ3v) is 4.60. The number of amides is 1.